The van der Waals surface area contributed by atoms with E-state index in [0.29, 0.717) is 12.2 Å². The van der Waals surface area contributed by atoms with Gasteiger partial charge in [-0.1, -0.05) is 19.9 Å². The lowest BCUT2D eigenvalue weighted by Crippen LogP contribution is -2.56. The van der Waals surface area contributed by atoms with Gasteiger partial charge in [-0.05, 0) is 56.4 Å². The summed E-state index contributed by atoms with van der Waals surface area (Å²) in [5, 5.41) is 0. The van der Waals surface area contributed by atoms with Crippen molar-refractivity contribution in [2.24, 2.45) is 5.41 Å². The topological polar surface area (TPSA) is 26.3 Å². The van der Waals surface area contributed by atoms with Crippen molar-refractivity contribution >= 4 is 5.78 Å². The van der Waals surface area contributed by atoms with Gasteiger partial charge in [-0.15, -0.1) is 0 Å². The Bertz CT molecular complexity index is 498. The normalized spacial score (nSPS) is 21.1. The highest BCUT2D eigenvalue weighted by Crippen LogP contribution is 2.46. The summed E-state index contributed by atoms with van der Waals surface area (Å²) in [6, 6.07) is 4.25. The second-order valence-electron chi connectivity index (χ2n) is 5.80. The molecule has 0 N–H and O–H groups in total. The molecule has 2 heteroatoms. The highest BCUT2D eigenvalue weighted by Gasteiger charge is 2.53. The summed E-state index contributed by atoms with van der Waals surface area (Å²) >= 11 is 0. The first-order chi connectivity index (χ1) is 8.94. The summed E-state index contributed by atoms with van der Waals surface area (Å²) in [6.07, 6.45) is 2.36. The van der Waals surface area contributed by atoms with Gasteiger partial charge in [0.15, 0.2) is 0 Å². The molecule has 1 aliphatic carbocycles. The largest absolute Gasteiger partial charge is 0.489 e. The lowest BCUT2D eigenvalue weighted by molar-refractivity contribution is -0.153. The second kappa shape index (κ2) is 4.99. The number of ether oxygens (including phenoxy) is 1. The van der Waals surface area contributed by atoms with Crippen LogP contribution < -0.4 is 4.74 Å². The zero-order chi connectivity index (χ0) is 14.2. The fourth-order valence-electron chi connectivity index (χ4n) is 3.15. The average Bonchev–Trinajstić information content (AvgIpc) is 2.36. The summed E-state index contributed by atoms with van der Waals surface area (Å²) in [4.78, 5) is 12.0. The molecule has 1 aromatic rings. The van der Waals surface area contributed by atoms with E-state index in [1.54, 1.807) is 0 Å². The lowest BCUT2D eigenvalue weighted by atomic mass is 9.61. The molecule has 0 spiro atoms. The molecule has 1 fully saturated rings. The van der Waals surface area contributed by atoms with Gasteiger partial charge in [-0.2, -0.15) is 0 Å². The summed E-state index contributed by atoms with van der Waals surface area (Å²) in [6.45, 7) is 10.5. The van der Waals surface area contributed by atoms with Gasteiger partial charge < -0.3 is 4.74 Å². The minimum atomic E-state index is -0.246. The number of hydrogen-bond acceptors (Lipinski definition) is 2. The fourth-order valence-corrected chi connectivity index (χ4v) is 3.15. The van der Waals surface area contributed by atoms with Gasteiger partial charge in [-0.3, -0.25) is 4.79 Å². The van der Waals surface area contributed by atoms with Gasteiger partial charge in [0.05, 0.1) is 5.41 Å². The van der Waals surface area contributed by atoms with Crippen molar-refractivity contribution in [1.82, 2.24) is 0 Å². The van der Waals surface area contributed by atoms with E-state index in [0.717, 1.165) is 18.6 Å². The molecule has 19 heavy (non-hydrogen) atoms. The number of rotatable bonds is 4. The number of ketones is 1. The van der Waals surface area contributed by atoms with E-state index in [1.807, 2.05) is 0 Å². The Kier molecular flexibility index (Phi) is 3.71. The van der Waals surface area contributed by atoms with Crippen molar-refractivity contribution in [2.45, 2.75) is 60.0 Å². The number of aryl methyl sites for hydroxylation is 2. The summed E-state index contributed by atoms with van der Waals surface area (Å²) in [7, 11) is 0. The smallest absolute Gasteiger partial charge is 0.146 e. The predicted molar refractivity (Wildman–Crippen MR) is 77.7 cm³/mol. The Morgan fingerprint density at radius 2 is 1.84 bits per heavy atom. The first kappa shape index (κ1) is 14.1. The van der Waals surface area contributed by atoms with E-state index < -0.39 is 0 Å². The summed E-state index contributed by atoms with van der Waals surface area (Å²) in [5.74, 6) is 1.31. The lowest BCUT2D eigenvalue weighted by Gasteiger charge is -2.46. The van der Waals surface area contributed by atoms with Crippen molar-refractivity contribution in [2.75, 3.05) is 0 Å². The van der Waals surface area contributed by atoms with Crippen molar-refractivity contribution < 1.29 is 9.53 Å². The summed E-state index contributed by atoms with van der Waals surface area (Å²) in [5.41, 5.74) is 3.40. The average molecular weight is 260 g/mol. The van der Waals surface area contributed by atoms with Crippen LogP contribution in [0.15, 0.2) is 12.1 Å². The number of carbonyl (C=O) groups is 1. The molecule has 2 rings (SSSR count). The third-order valence-corrected chi connectivity index (χ3v) is 4.84. The minimum Gasteiger partial charge on any atom is -0.489 e. The molecule has 0 saturated heterocycles. The van der Waals surface area contributed by atoms with Gasteiger partial charge in [0, 0.05) is 6.42 Å². The first-order valence-electron chi connectivity index (χ1n) is 7.22. The Labute approximate surface area is 116 Å². The maximum absolute atomic E-state index is 12.0. The Hall–Kier alpha value is -1.31. The molecule has 1 aliphatic rings. The molecule has 0 bridgehead atoms. The Balaban J connectivity index is 2.26. The molecule has 0 aromatic heterocycles. The van der Waals surface area contributed by atoms with Gasteiger partial charge in [0.25, 0.3) is 0 Å². The van der Waals surface area contributed by atoms with Crippen LogP contribution in [-0.4, -0.2) is 11.9 Å². The van der Waals surface area contributed by atoms with E-state index in [2.05, 4.69) is 46.8 Å². The molecule has 104 valence electrons. The molecular formula is C17H24O2. The Morgan fingerprint density at radius 3 is 2.37 bits per heavy atom. The minimum absolute atomic E-state index is 0.0508. The SMILES string of the molecule is CCC1(CC)C(=O)CC1Oc1cc(C)cc(C)c1C. The van der Waals surface area contributed by atoms with Crippen molar-refractivity contribution in [1.29, 1.82) is 0 Å². The van der Waals surface area contributed by atoms with Crippen molar-refractivity contribution in [3.8, 4) is 5.75 Å². The predicted octanol–water partition coefficient (Wildman–Crippen LogP) is 4.14. The Morgan fingerprint density at radius 1 is 1.21 bits per heavy atom. The van der Waals surface area contributed by atoms with Crippen LogP contribution in [0.25, 0.3) is 0 Å². The third kappa shape index (κ3) is 2.18. The quantitative estimate of drug-likeness (QED) is 0.813. The number of benzene rings is 1. The molecule has 1 aromatic carbocycles. The van der Waals surface area contributed by atoms with E-state index >= 15 is 0 Å². The van der Waals surface area contributed by atoms with E-state index in [1.165, 1.54) is 16.7 Å². The molecule has 1 atom stereocenters. The number of carbonyl (C=O) groups excluding carboxylic acids is 1. The molecule has 0 amide bonds. The van der Waals surface area contributed by atoms with Gasteiger partial charge >= 0.3 is 0 Å². The molecular weight excluding hydrogens is 236 g/mol. The van der Waals surface area contributed by atoms with Crippen LogP contribution in [0.5, 0.6) is 5.75 Å². The van der Waals surface area contributed by atoms with Crippen LogP contribution in [-0.2, 0) is 4.79 Å². The van der Waals surface area contributed by atoms with Crippen molar-refractivity contribution in [3.05, 3.63) is 28.8 Å². The first-order valence-corrected chi connectivity index (χ1v) is 7.22. The van der Waals surface area contributed by atoms with Gasteiger partial charge in [0.1, 0.15) is 17.6 Å². The highest BCUT2D eigenvalue weighted by molar-refractivity contribution is 5.92. The molecule has 0 aliphatic heterocycles. The highest BCUT2D eigenvalue weighted by atomic mass is 16.5. The molecule has 0 heterocycles. The molecule has 2 nitrogen and oxygen atoms in total. The van der Waals surface area contributed by atoms with Gasteiger partial charge in [-0.25, -0.2) is 0 Å². The van der Waals surface area contributed by atoms with Crippen LogP contribution in [0.3, 0.4) is 0 Å². The second-order valence-corrected chi connectivity index (χ2v) is 5.80. The standard InChI is InChI=1S/C17H24O2/c1-6-17(7-2)15(18)10-16(17)19-14-9-11(3)8-12(4)13(14)5/h8-9,16H,6-7,10H2,1-5H3. The third-order valence-electron chi connectivity index (χ3n) is 4.84. The van der Waals surface area contributed by atoms with Crippen LogP contribution in [0, 0.1) is 26.2 Å². The van der Waals surface area contributed by atoms with Crippen LogP contribution in [0.4, 0.5) is 0 Å². The van der Waals surface area contributed by atoms with Gasteiger partial charge in [0.2, 0.25) is 0 Å². The monoisotopic (exact) mass is 260 g/mol. The van der Waals surface area contributed by atoms with E-state index in [4.69, 9.17) is 4.74 Å². The fraction of sp³-hybridized carbons (Fsp3) is 0.588. The number of hydrogen-bond donors (Lipinski definition) is 0. The maximum Gasteiger partial charge on any atom is 0.146 e. The number of Topliss-reactive ketones (excluding diaryl/α,β-unsaturated/α-hetero) is 1. The molecule has 1 unspecified atom stereocenters. The van der Waals surface area contributed by atoms with Crippen molar-refractivity contribution in [3.63, 3.8) is 0 Å². The zero-order valence-corrected chi connectivity index (χ0v) is 12.7. The van der Waals surface area contributed by atoms with E-state index in [9.17, 15) is 4.79 Å². The summed E-state index contributed by atoms with van der Waals surface area (Å²) < 4.78 is 6.19. The maximum atomic E-state index is 12.0. The molecule has 0 radical (unpaired) electrons. The molecule has 1 saturated carbocycles. The van der Waals surface area contributed by atoms with Crippen LogP contribution in [0.1, 0.15) is 49.8 Å². The van der Waals surface area contributed by atoms with Crippen LogP contribution >= 0.6 is 0 Å². The van der Waals surface area contributed by atoms with E-state index in [-0.39, 0.29) is 11.5 Å². The zero-order valence-electron chi connectivity index (χ0n) is 12.7. The van der Waals surface area contributed by atoms with Crippen LogP contribution in [0.2, 0.25) is 0 Å².